The lowest BCUT2D eigenvalue weighted by molar-refractivity contribution is 0.200. The van der Waals surface area contributed by atoms with Crippen LogP contribution in [0.4, 0.5) is 4.39 Å². The smallest absolute Gasteiger partial charge is 0.126 e. The van der Waals surface area contributed by atoms with Gasteiger partial charge in [-0.3, -0.25) is 4.90 Å². The molecule has 18 heavy (non-hydrogen) atoms. The molecule has 1 N–H and O–H groups in total. The summed E-state index contributed by atoms with van der Waals surface area (Å²) in [5.74, 6) is 0.303. The lowest BCUT2D eigenvalue weighted by Gasteiger charge is -2.34. The molecule has 1 atom stereocenters. The summed E-state index contributed by atoms with van der Waals surface area (Å²) in [6.07, 6.45) is 1.89. The fourth-order valence-electron chi connectivity index (χ4n) is 2.36. The molecule has 1 aromatic carbocycles. The molecule has 0 spiro atoms. The topological polar surface area (TPSA) is 24.5 Å². The highest BCUT2D eigenvalue weighted by molar-refractivity contribution is 5.38. The average Bonchev–Trinajstić information content (AvgIpc) is 2.42. The van der Waals surface area contributed by atoms with Crippen molar-refractivity contribution < 1.29 is 9.13 Å². The largest absolute Gasteiger partial charge is 0.496 e. The Labute approximate surface area is 107 Å². The van der Waals surface area contributed by atoms with Crippen LogP contribution < -0.4 is 10.1 Å². The number of nitrogens with zero attached hydrogens (tertiary/aromatic N) is 1. The van der Waals surface area contributed by atoms with E-state index >= 15 is 0 Å². The summed E-state index contributed by atoms with van der Waals surface area (Å²) in [4.78, 5) is 2.32. The monoisotopic (exact) mass is 250 g/mol. The molecule has 98 valence electrons. The lowest BCUT2D eigenvalue weighted by atomic mass is 10.0. The lowest BCUT2D eigenvalue weighted by Crippen LogP contribution is -2.44. The molecule has 0 aromatic heterocycles. The van der Waals surface area contributed by atoms with Gasteiger partial charge in [0.25, 0.3) is 0 Å². The third-order valence-electron chi connectivity index (χ3n) is 3.28. The van der Waals surface area contributed by atoms with Crippen molar-refractivity contribution in [1.29, 1.82) is 0 Å². The first-order chi connectivity index (χ1) is 8.76. The van der Waals surface area contributed by atoms with Gasteiger partial charge >= 0.3 is 0 Å². The predicted octanol–water partition coefficient (Wildman–Crippen LogP) is 1.97. The molecular formula is C14H19FN2O. The summed E-state index contributed by atoms with van der Waals surface area (Å²) in [5.41, 5.74) is 0.968. The summed E-state index contributed by atoms with van der Waals surface area (Å²) in [6.45, 7) is 7.74. The molecule has 1 aliphatic heterocycles. The molecule has 1 aliphatic rings. The summed E-state index contributed by atoms with van der Waals surface area (Å²) in [6, 6.07) is 4.75. The van der Waals surface area contributed by atoms with Crippen molar-refractivity contribution in [3.63, 3.8) is 0 Å². The highest BCUT2D eigenvalue weighted by Gasteiger charge is 2.22. The third kappa shape index (κ3) is 2.71. The van der Waals surface area contributed by atoms with Gasteiger partial charge in [-0.25, -0.2) is 4.39 Å². The van der Waals surface area contributed by atoms with Crippen molar-refractivity contribution in [3.8, 4) is 5.75 Å². The first kappa shape index (κ1) is 13.1. The fraction of sp³-hybridized carbons (Fsp3) is 0.429. The highest BCUT2D eigenvalue weighted by Crippen LogP contribution is 2.31. The van der Waals surface area contributed by atoms with Gasteiger partial charge in [0.15, 0.2) is 0 Å². The second-order valence-electron chi connectivity index (χ2n) is 4.35. The summed E-state index contributed by atoms with van der Waals surface area (Å²) >= 11 is 0. The number of halogens is 1. The number of piperazine rings is 1. The molecule has 1 heterocycles. The standard InChI is InChI=1S/C14H19FN2O/c1-3-13(17-8-6-16-7-9-17)12-5-4-11(15)10-14(12)18-2/h3-5,10,13,16H,1,6-9H2,2H3/t13-/m1/s1. The van der Waals surface area contributed by atoms with Crippen molar-refractivity contribution in [2.45, 2.75) is 6.04 Å². The van der Waals surface area contributed by atoms with Crippen LogP contribution in [-0.2, 0) is 0 Å². The third-order valence-corrected chi connectivity index (χ3v) is 3.28. The van der Waals surface area contributed by atoms with E-state index in [1.807, 2.05) is 6.08 Å². The fourth-order valence-corrected chi connectivity index (χ4v) is 2.36. The average molecular weight is 250 g/mol. The van der Waals surface area contributed by atoms with Crippen LogP contribution in [0.2, 0.25) is 0 Å². The van der Waals surface area contributed by atoms with Crippen LogP contribution in [0.3, 0.4) is 0 Å². The van der Waals surface area contributed by atoms with E-state index in [0.717, 1.165) is 31.7 Å². The molecule has 1 saturated heterocycles. The molecular weight excluding hydrogens is 231 g/mol. The molecule has 1 aromatic rings. The molecule has 1 fully saturated rings. The zero-order valence-corrected chi connectivity index (χ0v) is 10.7. The van der Waals surface area contributed by atoms with E-state index in [4.69, 9.17) is 4.74 Å². The molecule has 0 amide bonds. The predicted molar refractivity (Wildman–Crippen MR) is 70.3 cm³/mol. The zero-order chi connectivity index (χ0) is 13.0. The first-order valence-corrected chi connectivity index (χ1v) is 6.17. The van der Waals surface area contributed by atoms with Crippen molar-refractivity contribution in [3.05, 3.63) is 42.2 Å². The van der Waals surface area contributed by atoms with Crippen LogP contribution in [0.25, 0.3) is 0 Å². The Balaban J connectivity index is 2.28. The van der Waals surface area contributed by atoms with E-state index in [0.29, 0.717) is 5.75 Å². The van der Waals surface area contributed by atoms with Crippen molar-refractivity contribution >= 4 is 0 Å². The summed E-state index contributed by atoms with van der Waals surface area (Å²) < 4.78 is 18.5. The molecule has 0 bridgehead atoms. The maximum absolute atomic E-state index is 13.2. The van der Waals surface area contributed by atoms with Crippen LogP contribution in [0, 0.1) is 5.82 Å². The first-order valence-electron chi connectivity index (χ1n) is 6.17. The number of hydrogen-bond donors (Lipinski definition) is 1. The van der Waals surface area contributed by atoms with Crippen LogP contribution in [-0.4, -0.2) is 38.2 Å². The maximum Gasteiger partial charge on any atom is 0.126 e. The van der Waals surface area contributed by atoms with E-state index in [9.17, 15) is 4.39 Å². The molecule has 0 aliphatic carbocycles. The number of methoxy groups -OCH3 is 1. The molecule has 4 heteroatoms. The van der Waals surface area contributed by atoms with Crippen LogP contribution in [0.5, 0.6) is 5.75 Å². The zero-order valence-electron chi connectivity index (χ0n) is 10.7. The summed E-state index contributed by atoms with van der Waals surface area (Å²) in [5, 5.41) is 3.32. The number of rotatable bonds is 4. The highest BCUT2D eigenvalue weighted by atomic mass is 19.1. The van der Waals surface area contributed by atoms with Crippen molar-refractivity contribution in [1.82, 2.24) is 10.2 Å². The molecule has 3 nitrogen and oxygen atoms in total. The molecule has 2 rings (SSSR count). The van der Waals surface area contributed by atoms with Gasteiger partial charge in [-0.15, -0.1) is 6.58 Å². The number of nitrogens with one attached hydrogen (secondary N) is 1. The van der Waals surface area contributed by atoms with Gasteiger partial charge in [0.1, 0.15) is 11.6 Å². The number of ether oxygens (including phenoxy) is 1. The van der Waals surface area contributed by atoms with Gasteiger partial charge < -0.3 is 10.1 Å². The molecule has 0 unspecified atom stereocenters. The van der Waals surface area contributed by atoms with Crippen LogP contribution >= 0.6 is 0 Å². The number of hydrogen-bond acceptors (Lipinski definition) is 3. The Hall–Kier alpha value is -1.39. The van der Waals surface area contributed by atoms with E-state index in [1.165, 1.54) is 12.1 Å². The minimum Gasteiger partial charge on any atom is -0.496 e. The normalized spacial score (nSPS) is 18.3. The van der Waals surface area contributed by atoms with Gasteiger partial charge in [0.05, 0.1) is 13.2 Å². The van der Waals surface area contributed by atoms with E-state index in [-0.39, 0.29) is 11.9 Å². The van der Waals surface area contributed by atoms with Gasteiger partial charge in [0.2, 0.25) is 0 Å². The minimum absolute atomic E-state index is 0.0719. The van der Waals surface area contributed by atoms with Gasteiger partial charge in [-0.1, -0.05) is 12.1 Å². The van der Waals surface area contributed by atoms with E-state index in [1.54, 1.807) is 13.2 Å². The molecule has 0 saturated carbocycles. The second-order valence-corrected chi connectivity index (χ2v) is 4.35. The quantitative estimate of drug-likeness (QED) is 0.827. The maximum atomic E-state index is 13.2. The Bertz CT molecular complexity index is 416. The van der Waals surface area contributed by atoms with Crippen LogP contribution in [0.15, 0.2) is 30.9 Å². The van der Waals surface area contributed by atoms with E-state index in [2.05, 4.69) is 16.8 Å². The van der Waals surface area contributed by atoms with Gasteiger partial charge in [0, 0.05) is 37.8 Å². The van der Waals surface area contributed by atoms with Crippen molar-refractivity contribution in [2.24, 2.45) is 0 Å². The van der Waals surface area contributed by atoms with Gasteiger partial charge in [-0.05, 0) is 6.07 Å². The Kier molecular flexibility index (Phi) is 4.33. The second kappa shape index (κ2) is 5.98. The molecule has 0 radical (unpaired) electrons. The summed E-state index contributed by atoms with van der Waals surface area (Å²) in [7, 11) is 1.57. The number of benzene rings is 1. The van der Waals surface area contributed by atoms with Crippen molar-refractivity contribution in [2.75, 3.05) is 33.3 Å². The minimum atomic E-state index is -0.279. The Morgan fingerprint density at radius 1 is 1.44 bits per heavy atom. The van der Waals surface area contributed by atoms with Crippen LogP contribution in [0.1, 0.15) is 11.6 Å². The Morgan fingerprint density at radius 2 is 2.17 bits per heavy atom. The van der Waals surface area contributed by atoms with Gasteiger partial charge in [-0.2, -0.15) is 0 Å². The SMILES string of the molecule is C=C[C@H](c1ccc(F)cc1OC)N1CCNCC1. The Morgan fingerprint density at radius 3 is 2.78 bits per heavy atom. The van der Waals surface area contributed by atoms with E-state index < -0.39 is 0 Å².